The van der Waals surface area contributed by atoms with Crippen LogP contribution in [0, 0.1) is 0 Å². The van der Waals surface area contributed by atoms with Gasteiger partial charge in [0.05, 0.1) is 41.1 Å². The molecule has 1 saturated heterocycles. The Bertz CT molecular complexity index is 4380. The van der Waals surface area contributed by atoms with Gasteiger partial charge in [0, 0.05) is 55.7 Å². The Labute approximate surface area is 566 Å². The number of aliphatic hydroxyl groups excluding tert-OH is 1. The van der Waals surface area contributed by atoms with Gasteiger partial charge in [-0.2, -0.15) is 0 Å². The predicted molar refractivity (Wildman–Crippen MR) is 369 cm³/mol. The highest BCUT2D eigenvalue weighted by Gasteiger charge is 2.31. The molecule has 1 aliphatic heterocycles. The molecule has 3 N–H and O–H groups in total. The zero-order chi connectivity index (χ0) is 62.8. The minimum atomic E-state index is -1.45. The number of fused-ring (bicyclic) bond motifs is 5. The third-order valence-corrected chi connectivity index (χ3v) is 20.6. The molecule has 1 saturated carbocycles. The van der Waals surface area contributed by atoms with Crippen LogP contribution in [-0.4, -0.2) is 88.7 Å². The number of carbonyl (C=O) groups excluding carboxylic acids is 5. The van der Waals surface area contributed by atoms with Crippen molar-refractivity contribution >= 4 is 232 Å². The molecule has 11 aromatic rings. The Hall–Kier alpha value is -5.33. The molecular formula is C64H49Br2Cl5N2O10S5. The van der Waals surface area contributed by atoms with E-state index in [4.69, 9.17) is 67.8 Å². The normalized spacial score (nSPS) is 13.5. The van der Waals surface area contributed by atoms with Crippen molar-refractivity contribution in [1.29, 1.82) is 0 Å². The molecule has 454 valence electrons. The first-order chi connectivity index (χ1) is 42.2. The minimum Gasteiger partial charge on any atom is -0.489 e. The second-order valence-corrected chi connectivity index (χ2v) is 29.8. The number of benzene rings is 6. The van der Waals surface area contributed by atoms with Crippen LogP contribution in [0.15, 0.2) is 154 Å². The van der Waals surface area contributed by atoms with E-state index in [1.807, 2.05) is 12.1 Å². The molecule has 6 aromatic carbocycles. The fourth-order valence-corrected chi connectivity index (χ4v) is 15.3. The Morgan fingerprint density at radius 3 is 1.53 bits per heavy atom. The van der Waals surface area contributed by atoms with Crippen LogP contribution in [0.4, 0.5) is 0 Å². The summed E-state index contributed by atoms with van der Waals surface area (Å²) in [7, 11) is 0. The van der Waals surface area contributed by atoms with E-state index in [0.29, 0.717) is 41.5 Å². The Morgan fingerprint density at radius 1 is 0.580 bits per heavy atom. The van der Waals surface area contributed by atoms with E-state index in [1.165, 1.54) is 66.3 Å². The fraction of sp³-hybridized carbons (Fsp3) is 0.188. The number of thiophene rings is 5. The first-order valence-corrected chi connectivity index (χ1v) is 34.6. The summed E-state index contributed by atoms with van der Waals surface area (Å²) in [6.07, 6.45) is 3.34. The third kappa shape index (κ3) is 18.2. The maximum Gasteiger partial charge on any atom is 0.379 e. The molecule has 1 amide bonds. The van der Waals surface area contributed by atoms with Crippen molar-refractivity contribution in [1.82, 2.24) is 10.2 Å². The van der Waals surface area contributed by atoms with Crippen LogP contribution in [0.5, 0.6) is 5.75 Å². The van der Waals surface area contributed by atoms with Crippen molar-refractivity contribution in [2.45, 2.75) is 50.9 Å². The molecule has 1 aliphatic carbocycles. The Kier molecular flexibility index (Phi) is 23.7. The molecule has 13 rings (SSSR count). The topological polar surface area (TPSA) is 177 Å². The number of nitrogens with one attached hydrogen (secondary N) is 1. The number of likely N-dealkylation sites (tertiary alicyclic amines) is 1. The van der Waals surface area contributed by atoms with E-state index < -0.39 is 47.3 Å². The number of hydrogen-bond acceptors (Lipinski definition) is 15. The second kappa shape index (κ2) is 31.1. The Morgan fingerprint density at radius 2 is 1.05 bits per heavy atom. The fourth-order valence-electron chi connectivity index (χ4n) is 9.04. The van der Waals surface area contributed by atoms with Crippen LogP contribution in [0.2, 0.25) is 22.4 Å². The average Bonchev–Trinajstić information content (AvgIpc) is 2.66. The molecular weight excluding hydrogens is 1450 g/mol. The van der Waals surface area contributed by atoms with Gasteiger partial charge in [-0.1, -0.05) is 95.9 Å². The van der Waals surface area contributed by atoms with Gasteiger partial charge in [0.25, 0.3) is 17.5 Å². The molecule has 6 heterocycles. The molecule has 5 aromatic heterocycles. The summed E-state index contributed by atoms with van der Waals surface area (Å²) in [5.74, 6) is -4.63. The first-order valence-electron chi connectivity index (χ1n) is 26.9. The summed E-state index contributed by atoms with van der Waals surface area (Å²) < 4.78 is 20.9. The number of aliphatic hydroxyl groups is 1. The Balaban J connectivity index is 0.000000145. The molecule has 2 aliphatic rings. The van der Waals surface area contributed by atoms with Gasteiger partial charge in [-0.3, -0.25) is 19.2 Å². The number of rotatable bonds is 14. The van der Waals surface area contributed by atoms with Gasteiger partial charge in [0.1, 0.15) is 11.9 Å². The minimum absolute atomic E-state index is 0.171. The van der Waals surface area contributed by atoms with E-state index in [1.54, 1.807) is 108 Å². The van der Waals surface area contributed by atoms with Crippen LogP contribution in [0.3, 0.4) is 0 Å². The van der Waals surface area contributed by atoms with E-state index in [-0.39, 0.29) is 23.8 Å². The molecule has 0 unspecified atom stereocenters. The lowest BCUT2D eigenvalue weighted by Crippen LogP contribution is -2.48. The van der Waals surface area contributed by atoms with Crippen LogP contribution in [-0.2, 0) is 19.1 Å². The number of halogens is 7. The van der Waals surface area contributed by atoms with E-state index in [9.17, 15) is 33.9 Å². The molecule has 0 bridgehead atoms. The molecule has 88 heavy (non-hydrogen) atoms. The number of aliphatic carboxylic acids is 1. The molecule has 2 fully saturated rings. The van der Waals surface area contributed by atoms with Crippen molar-refractivity contribution in [3.63, 3.8) is 0 Å². The highest BCUT2D eigenvalue weighted by atomic mass is 79.9. The lowest BCUT2D eigenvalue weighted by molar-refractivity contribution is -0.137. The number of esters is 1. The summed E-state index contributed by atoms with van der Waals surface area (Å²) in [5, 5.41) is 30.1. The molecule has 24 heteroatoms. The second-order valence-electron chi connectivity index (χ2n) is 19.8. The number of carboxylic acids is 1. The number of amides is 1. The van der Waals surface area contributed by atoms with Gasteiger partial charge in [-0.05, 0) is 217 Å². The van der Waals surface area contributed by atoms with Crippen LogP contribution in [0.1, 0.15) is 75.3 Å². The average molecular weight is 1500 g/mol. The van der Waals surface area contributed by atoms with Crippen molar-refractivity contribution in [3.8, 4) is 5.75 Å². The maximum atomic E-state index is 13.0. The summed E-state index contributed by atoms with van der Waals surface area (Å²) in [4.78, 5) is 72.7. The molecule has 12 nitrogen and oxygen atoms in total. The number of ketones is 3. The summed E-state index contributed by atoms with van der Waals surface area (Å²) in [6.45, 7) is 4.05. The molecule has 2 atom stereocenters. The summed E-state index contributed by atoms with van der Waals surface area (Å²) >= 11 is 44.4. The number of ether oxygens (including phenoxy) is 2. The van der Waals surface area contributed by atoms with Gasteiger partial charge in [-0.15, -0.1) is 56.7 Å². The van der Waals surface area contributed by atoms with Crippen LogP contribution in [0.25, 0.3) is 50.4 Å². The van der Waals surface area contributed by atoms with E-state index in [0.717, 1.165) is 82.3 Å². The first kappa shape index (κ1) is 67.1. The lowest BCUT2D eigenvalue weighted by atomic mass is 10.0. The number of Topliss-reactive ketones (excluding diaryl/α,β-unsaturated/α-hetero) is 3. The van der Waals surface area contributed by atoms with Crippen molar-refractivity contribution in [3.05, 3.63) is 198 Å². The standard InChI is InChI=1S/C26H26Cl2N2O4S.C12H9ClO3S.C10H5ClO3S.C8H4BrClS.C8H5BrS/c27-19-12-16(3-7-21(19)34-18-5-6-18)24(31)20(14-30-9-1-2-10-30)29-26(33)25(32)15-4-8-22-17(11-15)13-23(28)35-22;1-2-16-12(15)11(14)7-3-4-9-8(5-7)6-10(13)17-9;11-8-4-6-3-5(9(12)10(13)14)1-2-7(6)15-8;9-6-1-2-7-5(3-6)4-8(10)11-7;9-7-1-2-8-6(5-7)3-4-10-8/h3-4,7-8,11-13,18,20,24,31H,1-2,5-6,9-10,14H2,(H,29,33);3-6H,2H2,1H3;1-4H,(H,13,14);1-4H;1-5H/t20-,24-;;;;/m1..../s1. The van der Waals surface area contributed by atoms with E-state index >= 15 is 0 Å². The predicted octanol–water partition coefficient (Wildman–Crippen LogP) is 19.3. The summed E-state index contributed by atoms with van der Waals surface area (Å²) in [6, 6.07) is 41.2. The van der Waals surface area contributed by atoms with Gasteiger partial charge in [0.2, 0.25) is 5.78 Å². The van der Waals surface area contributed by atoms with Gasteiger partial charge < -0.3 is 29.9 Å². The van der Waals surface area contributed by atoms with Gasteiger partial charge in [-0.25, -0.2) is 9.59 Å². The largest absolute Gasteiger partial charge is 0.489 e. The van der Waals surface area contributed by atoms with Crippen LogP contribution >= 0.6 is 147 Å². The lowest BCUT2D eigenvalue weighted by Gasteiger charge is -2.28. The smallest absolute Gasteiger partial charge is 0.379 e. The SMILES string of the molecule is Brc1ccc2sccc2c1.CCOC(=O)C(=O)c1ccc2sc(Cl)cc2c1.Clc1cc2cc(Br)ccc2s1.O=C(N[C@H](CN1CCCC1)[C@H](O)c1ccc(OC2CC2)c(Cl)c1)C(=O)c1ccc2sc(Cl)cc2c1.O=C(O)C(=O)c1ccc2sc(Cl)cc2c1. The van der Waals surface area contributed by atoms with Crippen molar-refractivity contribution < 1.29 is 48.5 Å². The molecule has 0 spiro atoms. The number of carbonyl (C=O) groups is 6. The van der Waals surface area contributed by atoms with Gasteiger partial charge in [0.15, 0.2) is 0 Å². The quantitative estimate of drug-likeness (QED) is 0.0536. The number of nitrogens with zero attached hydrogens (tertiary/aromatic N) is 1. The zero-order valence-electron chi connectivity index (χ0n) is 46.0. The van der Waals surface area contributed by atoms with Crippen LogP contribution < -0.4 is 10.1 Å². The zero-order valence-corrected chi connectivity index (χ0v) is 57.1. The third-order valence-electron chi connectivity index (χ3n) is 13.4. The van der Waals surface area contributed by atoms with Gasteiger partial charge >= 0.3 is 11.9 Å². The highest BCUT2D eigenvalue weighted by molar-refractivity contribution is 9.10. The highest BCUT2D eigenvalue weighted by Crippen LogP contribution is 2.37. The summed E-state index contributed by atoms with van der Waals surface area (Å²) in [5.41, 5.74) is 1.34. The monoisotopic (exact) mass is 1500 g/mol. The molecule has 0 radical (unpaired) electrons. The maximum absolute atomic E-state index is 13.0. The van der Waals surface area contributed by atoms with E-state index in [2.05, 4.69) is 88.6 Å². The number of carboxylic acid groups (broad SMARTS) is 1. The van der Waals surface area contributed by atoms with Crippen molar-refractivity contribution in [2.24, 2.45) is 0 Å². The van der Waals surface area contributed by atoms with Crippen molar-refractivity contribution in [2.75, 3.05) is 26.2 Å². The number of hydrogen-bond donors (Lipinski definition) is 3.